The number of unbranched alkanes of at least 4 members (excludes halogenated alkanes) is 1. The molecule has 1 N–H and O–H groups in total. The molecule has 1 fully saturated rings. The Hall–Kier alpha value is -2.66. The summed E-state index contributed by atoms with van der Waals surface area (Å²) in [6, 6.07) is 18.8. The lowest BCUT2D eigenvalue weighted by Gasteiger charge is -2.33. The molecule has 0 bridgehead atoms. The van der Waals surface area contributed by atoms with Crippen LogP contribution in [-0.4, -0.2) is 35.6 Å². The zero-order valence-corrected chi connectivity index (χ0v) is 22.6. The maximum Gasteiger partial charge on any atom is 0.309 e. The van der Waals surface area contributed by atoms with Crippen molar-refractivity contribution in [3.8, 4) is 11.1 Å². The number of aryl methyl sites for hydroxylation is 1. The van der Waals surface area contributed by atoms with E-state index in [0.29, 0.717) is 12.8 Å². The van der Waals surface area contributed by atoms with Gasteiger partial charge in [0.2, 0.25) is 5.91 Å². The van der Waals surface area contributed by atoms with Crippen LogP contribution in [0.5, 0.6) is 0 Å². The van der Waals surface area contributed by atoms with Crippen molar-refractivity contribution in [3.63, 3.8) is 0 Å². The molecule has 3 rings (SSSR count). The second-order valence-electron chi connectivity index (χ2n) is 11.0. The Kier molecular flexibility index (Phi) is 10.5. The van der Waals surface area contributed by atoms with Crippen LogP contribution in [0.2, 0.25) is 0 Å². The van der Waals surface area contributed by atoms with Crippen LogP contribution in [0.4, 0.5) is 0 Å². The smallest absolute Gasteiger partial charge is 0.309 e. The molecular formula is C31H44N2O3. The average molecular weight is 493 g/mol. The molecule has 0 saturated carbocycles. The number of esters is 1. The van der Waals surface area contributed by atoms with Crippen LogP contribution in [0.1, 0.15) is 78.2 Å². The van der Waals surface area contributed by atoms with Gasteiger partial charge in [-0.25, -0.2) is 5.43 Å². The number of hydrogen-bond acceptors (Lipinski definition) is 4. The van der Waals surface area contributed by atoms with E-state index in [9.17, 15) is 9.59 Å². The highest BCUT2D eigenvalue weighted by atomic mass is 16.6. The normalized spacial score (nSPS) is 15.8. The molecule has 0 radical (unpaired) electrons. The molecule has 2 aromatic rings. The zero-order chi connectivity index (χ0) is 26.0. The van der Waals surface area contributed by atoms with E-state index in [1.54, 1.807) is 5.01 Å². The van der Waals surface area contributed by atoms with Gasteiger partial charge in [-0.15, -0.1) is 0 Å². The molecule has 1 amide bonds. The zero-order valence-electron chi connectivity index (χ0n) is 22.6. The van der Waals surface area contributed by atoms with Crippen LogP contribution in [0.3, 0.4) is 0 Å². The molecule has 0 aromatic heterocycles. The van der Waals surface area contributed by atoms with Gasteiger partial charge in [0.15, 0.2) is 0 Å². The molecule has 2 atom stereocenters. The lowest BCUT2D eigenvalue weighted by atomic mass is 9.85. The summed E-state index contributed by atoms with van der Waals surface area (Å²) in [6.45, 7) is 9.39. The van der Waals surface area contributed by atoms with Gasteiger partial charge in [-0.1, -0.05) is 74.4 Å². The van der Waals surface area contributed by atoms with Crippen LogP contribution in [0.25, 0.3) is 11.1 Å². The number of hydrogen-bond donors (Lipinski definition) is 1. The van der Waals surface area contributed by atoms with Crippen molar-refractivity contribution in [1.82, 2.24) is 10.4 Å². The highest BCUT2D eigenvalue weighted by Crippen LogP contribution is 2.30. The van der Waals surface area contributed by atoms with Crippen molar-refractivity contribution in [2.45, 2.75) is 84.7 Å². The summed E-state index contributed by atoms with van der Waals surface area (Å²) >= 11 is 0. The van der Waals surface area contributed by atoms with Gasteiger partial charge in [0.25, 0.3) is 0 Å². The van der Waals surface area contributed by atoms with E-state index >= 15 is 0 Å². The third-order valence-electron chi connectivity index (χ3n) is 6.81. The molecule has 36 heavy (non-hydrogen) atoms. The van der Waals surface area contributed by atoms with Crippen molar-refractivity contribution in [1.29, 1.82) is 0 Å². The molecule has 0 aliphatic carbocycles. The van der Waals surface area contributed by atoms with Crippen LogP contribution in [-0.2, 0) is 20.7 Å². The molecule has 1 aliphatic rings. The summed E-state index contributed by atoms with van der Waals surface area (Å²) in [5, 5.41) is 1.79. The van der Waals surface area contributed by atoms with Gasteiger partial charge in [-0.3, -0.25) is 14.6 Å². The van der Waals surface area contributed by atoms with Gasteiger partial charge in [-0.2, -0.15) is 0 Å². The lowest BCUT2D eigenvalue weighted by molar-refractivity contribution is -0.161. The van der Waals surface area contributed by atoms with E-state index in [4.69, 9.17) is 4.74 Å². The number of nitrogens with one attached hydrogen (secondary N) is 1. The minimum Gasteiger partial charge on any atom is -0.460 e. The molecule has 2 aromatic carbocycles. The van der Waals surface area contributed by atoms with E-state index in [1.807, 2.05) is 26.8 Å². The van der Waals surface area contributed by atoms with E-state index in [1.165, 1.54) is 16.7 Å². The summed E-state index contributed by atoms with van der Waals surface area (Å²) in [4.78, 5) is 26.9. The maximum atomic E-state index is 13.7. The predicted octanol–water partition coefficient (Wildman–Crippen LogP) is 6.57. The first-order valence-corrected chi connectivity index (χ1v) is 13.7. The second-order valence-corrected chi connectivity index (χ2v) is 11.0. The Morgan fingerprint density at radius 1 is 0.972 bits per heavy atom. The van der Waals surface area contributed by atoms with Crippen LogP contribution < -0.4 is 5.43 Å². The van der Waals surface area contributed by atoms with E-state index in [0.717, 1.165) is 51.6 Å². The summed E-state index contributed by atoms with van der Waals surface area (Å²) in [5.41, 5.74) is 6.37. The second kappa shape index (κ2) is 13.6. The van der Waals surface area contributed by atoms with Crippen LogP contribution >= 0.6 is 0 Å². The molecule has 1 saturated heterocycles. The number of hydrazine groups is 1. The van der Waals surface area contributed by atoms with Gasteiger partial charge in [0, 0.05) is 19.0 Å². The SMILES string of the molecule is CCCCC(CC(CCc1ccccc1-c1ccccc1)C(=O)N1CCCCN1)C(=O)OC(C)(C)C. The number of carbonyl (C=O) groups is 2. The number of nitrogens with zero attached hydrogens (tertiary/aromatic N) is 1. The topological polar surface area (TPSA) is 58.6 Å². The molecule has 196 valence electrons. The molecule has 0 spiro atoms. The van der Waals surface area contributed by atoms with Crippen molar-refractivity contribution in [2.24, 2.45) is 11.8 Å². The van der Waals surface area contributed by atoms with Crippen molar-refractivity contribution < 1.29 is 14.3 Å². The Morgan fingerprint density at radius 3 is 2.36 bits per heavy atom. The van der Waals surface area contributed by atoms with Gasteiger partial charge in [0.05, 0.1) is 5.92 Å². The highest BCUT2D eigenvalue weighted by Gasteiger charge is 2.33. The predicted molar refractivity (Wildman–Crippen MR) is 146 cm³/mol. The van der Waals surface area contributed by atoms with Gasteiger partial charge in [0.1, 0.15) is 5.60 Å². The van der Waals surface area contributed by atoms with Crippen molar-refractivity contribution in [2.75, 3.05) is 13.1 Å². The van der Waals surface area contributed by atoms with E-state index < -0.39 is 5.60 Å². The maximum absolute atomic E-state index is 13.7. The average Bonchev–Trinajstić information content (AvgIpc) is 2.88. The summed E-state index contributed by atoms with van der Waals surface area (Å²) in [7, 11) is 0. The quantitative estimate of drug-likeness (QED) is 0.361. The number of rotatable bonds is 11. The molecular weight excluding hydrogens is 448 g/mol. The summed E-state index contributed by atoms with van der Waals surface area (Å²) < 4.78 is 5.78. The third kappa shape index (κ3) is 8.48. The molecule has 1 aliphatic heterocycles. The standard InChI is InChI=1S/C31H44N2O3/c1-5-6-14-27(30(35)36-31(2,3)4)23-26(29(34)33-22-13-12-21-32-33)20-19-25-17-10-11-18-28(25)24-15-8-7-9-16-24/h7-11,15-18,26-27,32H,5-6,12-14,19-23H2,1-4H3. The number of benzene rings is 2. The highest BCUT2D eigenvalue weighted by molar-refractivity contribution is 5.80. The number of ether oxygens (including phenoxy) is 1. The van der Waals surface area contributed by atoms with Gasteiger partial charge in [-0.05, 0) is 76.0 Å². The van der Waals surface area contributed by atoms with Crippen molar-refractivity contribution >= 4 is 11.9 Å². The summed E-state index contributed by atoms with van der Waals surface area (Å²) in [5.74, 6) is -0.580. The molecule has 2 unspecified atom stereocenters. The fourth-order valence-electron chi connectivity index (χ4n) is 4.92. The Bertz CT molecular complexity index is 961. The minimum atomic E-state index is -0.538. The fourth-order valence-corrected chi connectivity index (χ4v) is 4.92. The van der Waals surface area contributed by atoms with E-state index in [2.05, 4.69) is 60.9 Å². The monoisotopic (exact) mass is 492 g/mol. The summed E-state index contributed by atoms with van der Waals surface area (Å²) in [6.07, 6.45) is 6.81. The largest absolute Gasteiger partial charge is 0.460 e. The van der Waals surface area contributed by atoms with Crippen LogP contribution in [0.15, 0.2) is 54.6 Å². The van der Waals surface area contributed by atoms with Crippen LogP contribution in [0, 0.1) is 11.8 Å². The number of amides is 1. The Balaban J connectivity index is 1.82. The first-order chi connectivity index (χ1) is 17.3. The molecule has 5 heteroatoms. The Labute approximate surface area is 217 Å². The third-order valence-corrected chi connectivity index (χ3v) is 6.81. The van der Waals surface area contributed by atoms with Gasteiger partial charge < -0.3 is 4.74 Å². The first kappa shape index (κ1) is 27.9. The molecule has 5 nitrogen and oxygen atoms in total. The Morgan fingerprint density at radius 2 is 1.69 bits per heavy atom. The first-order valence-electron chi connectivity index (χ1n) is 13.7. The van der Waals surface area contributed by atoms with Crippen molar-refractivity contribution in [3.05, 3.63) is 60.2 Å². The minimum absolute atomic E-state index is 0.108. The molecule has 1 heterocycles. The lowest BCUT2D eigenvalue weighted by Crippen LogP contribution is -2.50. The van der Waals surface area contributed by atoms with E-state index in [-0.39, 0.29) is 23.7 Å². The number of carbonyl (C=O) groups excluding carboxylic acids is 2. The fraction of sp³-hybridized carbons (Fsp3) is 0.548. The van der Waals surface area contributed by atoms with Gasteiger partial charge >= 0.3 is 5.97 Å².